The topological polar surface area (TPSA) is 304 Å². The standard InChI is InChI=1S/C64H67N5O14S.O3S/c1-37-24-49-45(33-58(84(78,79)80)53-30-44-13-6-9-17-52(44)69(53)64(49)77)32-55(37)82-35-40-26-41(36-83-57-31-42-19-20-47-29-43-12-5-8-16-51(43)68(47)63(76)50(42)34-56(57)81-4)28-46(27-40)66-62(75)38(2)25-54(71)39(3)65-59(72)18-10-7-14-48(70)15-11-23-67-60(73)21-22-61(67)74;1-4(2)3/h5-6,8-9,12-13,16-17,21-22,24,26-28,31-32,34,38-39,47,53,58H,7,10-11,14-15,18-20,23,25,29-30,33,35-36H2,1-4H3,(H,65,72)(H,66,75)(H,78,79,80);/t38-,39+,47-,53+,58?;/m1./s1. The molecule has 5 aromatic rings. The highest BCUT2D eigenvalue weighted by atomic mass is 32.2. The fraction of sp³-hybridized carbons (Fsp3) is 0.375. The van der Waals surface area contributed by atoms with Gasteiger partial charge in [0.05, 0.1) is 19.2 Å². The number of imide groups is 1. The fourth-order valence-corrected chi connectivity index (χ4v) is 13.1. The molecule has 1 unspecified atom stereocenters. The number of nitrogens with zero attached hydrogens (tertiary/aromatic N) is 3. The molecule has 3 N–H and O–H groups in total. The average molecular weight is 1240 g/mol. The van der Waals surface area contributed by atoms with Gasteiger partial charge in [0.2, 0.25) is 11.8 Å². The van der Waals surface area contributed by atoms with E-state index in [1.165, 1.54) is 24.2 Å². The molecule has 0 aromatic heterocycles. The number of fused-ring (bicyclic) bond motifs is 8. The Bertz CT molecular complexity index is 3880. The first-order valence-electron chi connectivity index (χ1n) is 28.9. The van der Waals surface area contributed by atoms with Crippen molar-refractivity contribution in [2.45, 2.75) is 134 Å². The van der Waals surface area contributed by atoms with Gasteiger partial charge in [-0.3, -0.25) is 47.8 Å². The number of anilines is 3. The van der Waals surface area contributed by atoms with E-state index in [4.69, 9.17) is 26.8 Å². The van der Waals surface area contributed by atoms with Gasteiger partial charge in [0.25, 0.3) is 33.7 Å². The van der Waals surface area contributed by atoms with Gasteiger partial charge < -0.3 is 34.6 Å². The lowest BCUT2D eigenvalue weighted by atomic mass is 9.97. The molecule has 0 spiro atoms. The van der Waals surface area contributed by atoms with Crippen molar-refractivity contribution in [2.24, 2.45) is 5.92 Å². The average Bonchev–Trinajstić information content (AvgIpc) is 1.81. The van der Waals surface area contributed by atoms with Gasteiger partial charge in [0.1, 0.15) is 30.0 Å². The van der Waals surface area contributed by atoms with E-state index in [1.54, 1.807) is 63.2 Å². The van der Waals surface area contributed by atoms with Gasteiger partial charge in [-0.05, 0) is 159 Å². The second-order valence-electron chi connectivity index (χ2n) is 22.6. The maximum atomic E-state index is 14.3. The van der Waals surface area contributed by atoms with E-state index in [-0.39, 0.29) is 93.6 Å². The number of benzene rings is 5. The zero-order valence-corrected chi connectivity index (χ0v) is 50.6. The van der Waals surface area contributed by atoms with Crippen LogP contribution in [0.15, 0.2) is 103 Å². The molecule has 0 saturated heterocycles. The summed E-state index contributed by atoms with van der Waals surface area (Å²) < 4.78 is 80.8. The van der Waals surface area contributed by atoms with Gasteiger partial charge in [-0.15, -0.1) is 12.6 Å². The summed E-state index contributed by atoms with van der Waals surface area (Å²) in [4.78, 5) is 109. The molecule has 0 bridgehead atoms. The summed E-state index contributed by atoms with van der Waals surface area (Å²) in [5, 5.41) is 4.34. The number of methoxy groups -OCH3 is 1. The van der Waals surface area contributed by atoms with E-state index in [0.29, 0.717) is 87.7 Å². The molecule has 5 aromatic carbocycles. The third-order valence-corrected chi connectivity index (χ3v) is 17.8. The zero-order valence-electron chi connectivity index (χ0n) is 48.9. The molecule has 0 radical (unpaired) electrons. The van der Waals surface area contributed by atoms with Crippen LogP contribution in [0.1, 0.15) is 125 Å². The molecule has 5 aliphatic heterocycles. The Morgan fingerprint density at radius 2 is 1.27 bits per heavy atom. The van der Waals surface area contributed by atoms with Crippen molar-refractivity contribution >= 4 is 84.8 Å². The number of rotatable bonds is 23. The monoisotopic (exact) mass is 1240 g/mol. The Morgan fingerprint density at radius 3 is 1.93 bits per heavy atom. The highest BCUT2D eigenvalue weighted by molar-refractivity contribution is 7.86. The Kier molecular flexibility index (Phi) is 19.8. The highest BCUT2D eigenvalue weighted by Gasteiger charge is 2.47. The maximum absolute atomic E-state index is 14.3. The van der Waals surface area contributed by atoms with Gasteiger partial charge in [-0.1, -0.05) is 43.3 Å². The molecule has 5 atom stereocenters. The van der Waals surface area contributed by atoms with Crippen LogP contribution in [0.2, 0.25) is 0 Å². The summed E-state index contributed by atoms with van der Waals surface area (Å²) in [6, 6.07) is 25.6. The largest absolute Gasteiger partial charge is 0.493 e. The van der Waals surface area contributed by atoms with E-state index in [9.17, 15) is 51.3 Å². The molecular formula is C64H67N5O17S2. The third-order valence-electron chi connectivity index (χ3n) is 16.5. The minimum Gasteiger partial charge on any atom is -0.493 e. The van der Waals surface area contributed by atoms with E-state index in [2.05, 4.69) is 16.7 Å². The van der Waals surface area contributed by atoms with Crippen molar-refractivity contribution in [3.63, 3.8) is 0 Å². The van der Waals surface area contributed by atoms with Crippen LogP contribution in [0.25, 0.3) is 0 Å². The fourth-order valence-electron chi connectivity index (χ4n) is 12.1. The van der Waals surface area contributed by atoms with Gasteiger partial charge in [-0.2, -0.15) is 8.42 Å². The Morgan fingerprint density at radius 1 is 0.693 bits per heavy atom. The maximum Gasteiger partial charge on any atom is 0.425 e. The van der Waals surface area contributed by atoms with Crippen LogP contribution in [0.3, 0.4) is 0 Å². The quantitative estimate of drug-likeness (QED) is 0.0339. The van der Waals surface area contributed by atoms with Crippen LogP contribution in [-0.2, 0) is 88.4 Å². The first-order valence-corrected chi connectivity index (χ1v) is 31.4. The van der Waals surface area contributed by atoms with Crippen LogP contribution in [-0.4, -0.2) is 115 Å². The molecule has 0 fully saturated rings. The van der Waals surface area contributed by atoms with Crippen molar-refractivity contribution in [3.8, 4) is 17.2 Å². The summed E-state index contributed by atoms with van der Waals surface area (Å²) in [7, 11) is -6.24. The van der Waals surface area contributed by atoms with Crippen LogP contribution >= 0.6 is 0 Å². The summed E-state index contributed by atoms with van der Waals surface area (Å²) in [6.45, 7) is 5.00. The Balaban J connectivity index is 0.00000224. The smallest absolute Gasteiger partial charge is 0.425 e. The lowest BCUT2D eigenvalue weighted by Gasteiger charge is -2.27. The van der Waals surface area contributed by atoms with Crippen molar-refractivity contribution in [3.05, 3.63) is 153 Å². The van der Waals surface area contributed by atoms with Crippen molar-refractivity contribution in [1.82, 2.24) is 10.2 Å². The number of carbonyl (C=O) groups is 8. The molecule has 22 nitrogen and oxygen atoms in total. The lowest BCUT2D eigenvalue weighted by Crippen LogP contribution is -2.47. The number of hydrogen-bond donors (Lipinski definition) is 3. The molecule has 0 saturated carbocycles. The molecule has 24 heteroatoms. The first-order chi connectivity index (χ1) is 42.0. The molecule has 462 valence electrons. The number of nitrogens with one attached hydrogen (secondary N) is 2. The predicted octanol–water partition coefficient (Wildman–Crippen LogP) is 6.93. The number of aryl methyl sites for hydroxylation is 2. The SMILES string of the molecule is COc1cc2c(cc1OCc1cc(COc3cc4c(cc3C)C(=O)N3c5ccccc5C[C@H]3C(S(=O)(=O)O)C4)cc(NC(=O)[C@H](C)CC(=O)[C@H](C)NC(=O)CCCCC(=O)CCCN3C(=O)C=CC3=O)c1)CC[C@@H]1Cc3ccccc3N1C2=O.O=S(=O)=O. The number of ketones is 2. The number of unbranched alkanes of at least 4 members (excludes halogenated alkanes) is 1. The zero-order chi connectivity index (χ0) is 63.1. The van der Waals surface area contributed by atoms with Crippen LogP contribution in [0, 0.1) is 12.8 Å². The molecule has 5 heterocycles. The third kappa shape index (κ3) is 14.7. The minimum absolute atomic E-state index is 0.0151. The molecule has 10 rings (SSSR count). The minimum atomic E-state index is -4.64. The summed E-state index contributed by atoms with van der Waals surface area (Å²) in [5.74, 6) is -2.25. The predicted molar refractivity (Wildman–Crippen MR) is 321 cm³/mol. The number of Topliss-reactive ketones (excluding diaryl/α,β-unsaturated/α-hetero) is 2. The van der Waals surface area contributed by atoms with Crippen LogP contribution < -0.4 is 34.6 Å². The van der Waals surface area contributed by atoms with E-state index in [1.807, 2.05) is 47.4 Å². The number of hydrogen-bond acceptors (Lipinski definition) is 16. The summed E-state index contributed by atoms with van der Waals surface area (Å²) in [6.07, 6.45) is 6.17. The molecule has 5 aliphatic rings. The normalized spacial score (nSPS) is 17.8. The lowest BCUT2D eigenvalue weighted by molar-refractivity contribution is -0.137. The van der Waals surface area contributed by atoms with E-state index < -0.39 is 61.7 Å². The first kappa shape index (κ1) is 63.6. The Labute approximate surface area is 510 Å². The van der Waals surface area contributed by atoms with Gasteiger partial charge in [0.15, 0.2) is 17.3 Å². The van der Waals surface area contributed by atoms with E-state index >= 15 is 0 Å². The van der Waals surface area contributed by atoms with Crippen molar-refractivity contribution < 1.29 is 78.2 Å². The summed E-state index contributed by atoms with van der Waals surface area (Å²) >= 11 is 0. The molecule has 6 amide bonds. The molecule has 0 aliphatic carbocycles. The van der Waals surface area contributed by atoms with Gasteiger partial charge >= 0.3 is 10.6 Å². The van der Waals surface area contributed by atoms with Crippen LogP contribution in [0.4, 0.5) is 17.1 Å². The number of carbonyl (C=O) groups excluding carboxylic acids is 8. The second kappa shape index (κ2) is 27.4. The number of amides is 6. The molecule has 88 heavy (non-hydrogen) atoms. The summed E-state index contributed by atoms with van der Waals surface area (Å²) in [5.41, 5.74) is 7.64. The Hall–Kier alpha value is -8.87. The number of ether oxygens (including phenoxy) is 3. The highest BCUT2D eigenvalue weighted by Crippen LogP contribution is 2.43. The van der Waals surface area contributed by atoms with Crippen molar-refractivity contribution in [2.75, 3.05) is 28.8 Å². The van der Waals surface area contributed by atoms with E-state index in [0.717, 1.165) is 40.1 Å². The van der Waals surface area contributed by atoms with Gasteiger partial charge in [-0.25, -0.2) is 0 Å². The van der Waals surface area contributed by atoms with Crippen molar-refractivity contribution in [1.29, 1.82) is 0 Å². The van der Waals surface area contributed by atoms with Crippen LogP contribution in [0.5, 0.6) is 17.2 Å². The van der Waals surface area contributed by atoms with Gasteiger partial charge in [0, 0.05) is 84.5 Å². The second-order valence-corrected chi connectivity index (χ2v) is 24.7. The molecular weight excluding hydrogens is 1170 g/mol. The number of para-hydroxylation sites is 2.